The molecule has 0 bridgehead atoms. The lowest BCUT2D eigenvalue weighted by atomic mass is 10.2. The van der Waals surface area contributed by atoms with E-state index < -0.39 is 20.6 Å². The first-order valence-electron chi connectivity index (χ1n) is 5.83. The fourth-order valence-electron chi connectivity index (χ4n) is 1.82. The van der Waals surface area contributed by atoms with Crippen LogP contribution in [-0.2, 0) is 10.0 Å². The Labute approximate surface area is 125 Å². The minimum absolute atomic E-state index is 0.128. The van der Waals surface area contributed by atoms with Crippen molar-refractivity contribution in [1.82, 2.24) is 0 Å². The number of nitrogens with two attached hydrogens (primary N) is 1. The van der Waals surface area contributed by atoms with Crippen LogP contribution < -0.4 is 10.0 Å². The van der Waals surface area contributed by atoms with Gasteiger partial charge in [0, 0.05) is 13.1 Å². The van der Waals surface area contributed by atoms with E-state index in [0.717, 1.165) is 15.9 Å². The first-order valence-corrected chi connectivity index (χ1v) is 8.09. The number of hydrogen-bond donors (Lipinski definition) is 1. The van der Waals surface area contributed by atoms with Gasteiger partial charge in [-0.2, -0.15) is 0 Å². The Bertz CT molecular complexity index is 799. The first-order chi connectivity index (χ1) is 9.75. The first kappa shape index (κ1) is 15.3. The molecular weight excluding hydrogens is 314 g/mol. The SMILES string of the molecule is Cc1ccccc1N(C)S(=O)(=O)c1cc([N+](=O)[O-])c(N)s1. The van der Waals surface area contributed by atoms with Crippen molar-refractivity contribution >= 4 is 37.7 Å². The van der Waals surface area contributed by atoms with E-state index in [-0.39, 0.29) is 9.21 Å². The topological polar surface area (TPSA) is 107 Å². The number of aryl methyl sites for hydroxylation is 1. The molecule has 0 spiro atoms. The van der Waals surface area contributed by atoms with Crippen molar-refractivity contribution < 1.29 is 13.3 Å². The fourth-order valence-corrected chi connectivity index (χ4v) is 4.47. The number of para-hydroxylation sites is 1. The van der Waals surface area contributed by atoms with Crippen LogP contribution in [0.3, 0.4) is 0 Å². The van der Waals surface area contributed by atoms with E-state index in [4.69, 9.17) is 5.73 Å². The number of nitro groups is 1. The van der Waals surface area contributed by atoms with Crippen LogP contribution in [-0.4, -0.2) is 20.4 Å². The van der Waals surface area contributed by atoms with Crippen molar-refractivity contribution in [2.45, 2.75) is 11.1 Å². The lowest BCUT2D eigenvalue weighted by Gasteiger charge is -2.20. The quantitative estimate of drug-likeness (QED) is 0.685. The molecule has 0 fully saturated rings. The molecule has 0 saturated heterocycles. The van der Waals surface area contributed by atoms with Gasteiger partial charge in [0.2, 0.25) is 0 Å². The number of nitrogens with zero attached hydrogens (tertiary/aromatic N) is 2. The third-order valence-corrected chi connectivity index (χ3v) is 6.16. The standard InChI is InChI=1S/C12H13N3O4S2/c1-8-5-3-4-6-9(8)14(2)21(18,19)11-7-10(15(16)17)12(13)20-11/h3-7H,13H2,1-2H3. The van der Waals surface area contributed by atoms with Gasteiger partial charge in [-0.1, -0.05) is 29.5 Å². The molecule has 112 valence electrons. The van der Waals surface area contributed by atoms with Gasteiger partial charge in [0.1, 0.15) is 4.21 Å². The molecule has 1 aromatic carbocycles. The highest BCUT2D eigenvalue weighted by Gasteiger charge is 2.28. The average molecular weight is 327 g/mol. The Balaban J connectivity index is 2.50. The van der Waals surface area contributed by atoms with E-state index in [2.05, 4.69) is 0 Å². The van der Waals surface area contributed by atoms with Gasteiger partial charge in [0.05, 0.1) is 10.6 Å². The van der Waals surface area contributed by atoms with Crippen molar-refractivity contribution in [2.24, 2.45) is 0 Å². The van der Waals surface area contributed by atoms with Gasteiger partial charge < -0.3 is 5.73 Å². The van der Waals surface area contributed by atoms with Crippen molar-refractivity contribution in [1.29, 1.82) is 0 Å². The van der Waals surface area contributed by atoms with Crippen LogP contribution in [0.25, 0.3) is 0 Å². The largest absolute Gasteiger partial charge is 0.385 e. The lowest BCUT2D eigenvalue weighted by molar-refractivity contribution is -0.383. The predicted molar refractivity (Wildman–Crippen MR) is 82.2 cm³/mol. The van der Waals surface area contributed by atoms with Crippen LogP contribution in [0.2, 0.25) is 0 Å². The number of thiophene rings is 1. The van der Waals surface area contributed by atoms with Crippen LogP contribution in [0, 0.1) is 17.0 Å². The zero-order chi connectivity index (χ0) is 15.8. The summed E-state index contributed by atoms with van der Waals surface area (Å²) in [7, 11) is -2.48. The summed E-state index contributed by atoms with van der Waals surface area (Å²) in [5.41, 5.74) is 6.40. The molecule has 1 heterocycles. The van der Waals surface area contributed by atoms with Gasteiger partial charge >= 0.3 is 5.69 Å². The Hall–Kier alpha value is -2.13. The Morgan fingerprint density at radius 2 is 1.95 bits per heavy atom. The summed E-state index contributed by atoms with van der Waals surface area (Å²) < 4.78 is 26.0. The van der Waals surface area contributed by atoms with Crippen LogP contribution in [0.1, 0.15) is 5.56 Å². The van der Waals surface area contributed by atoms with Gasteiger partial charge in [-0.25, -0.2) is 8.42 Å². The summed E-state index contributed by atoms with van der Waals surface area (Å²) in [6, 6.07) is 7.96. The van der Waals surface area contributed by atoms with Gasteiger partial charge in [-0.15, -0.1) is 0 Å². The smallest absolute Gasteiger partial charge is 0.304 e. The molecule has 7 nitrogen and oxygen atoms in total. The van der Waals surface area contributed by atoms with E-state index in [1.807, 2.05) is 0 Å². The normalized spacial score (nSPS) is 11.3. The third-order valence-electron chi connectivity index (χ3n) is 2.98. The summed E-state index contributed by atoms with van der Waals surface area (Å²) >= 11 is 0.685. The summed E-state index contributed by atoms with van der Waals surface area (Å²) in [5.74, 6) is 0. The van der Waals surface area contributed by atoms with Crippen molar-refractivity contribution in [2.75, 3.05) is 17.1 Å². The van der Waals surface area contributed by atoms with Gasteiger partial charge in [0.25, 0.3) is 10.0 Å². The fraction of sp³-hybridized carbons (Fsp3) is 0.167. The maximum absolute atomic E-state index is 12.5. The highest BCUT2D eigenvalue weighted by atomic mass is 32.2. The second-order valence-electron chi connectivity index (χ2n) is 4.33. The minimum Gasteiger partial charge on any atom is -0.385 e. The van der Waals surface area contributed by atoms with Crippen molar-refractivity contribution in [3.05, 3.63) is 46.0 Å². The van der Waals surface area contributed by atoms with E-state index in [1.54, 1.807) is 31.2 Å². The van der Waals surface area contributed by atoms with E-state index >= 15 is 0 Å². The molecule has 0 unspecified atom stereocenters. The maximum atomic E-state index is 12.5. The highest BCUT2D eigenvalue weighted by molar-refractivity contribution is 7.94. The number of nitrogen functional groups attached to an aromatic ring is 1. The highest BCUT2D eigenvalue weighted by Crippen LogP contribution is 2.36. The summed E-state index contributed by atoms with van der Waals surface area (Å²) in [5, 5.41) is 10.7. The molecule has 2 rings (SSSR count). The maximum Gasteiger partial charge on any atom is 0.304 e. The number of rotatable bonds is 4. The zero-order valence-corrected chi connectivity index (χ0v) is 12.9. The summed E-state index contributed by atoms with van der Waals surface area (Å²) in [6.07, 6.45) is 0. The van der Waals surface area contributed by atoms with E-state index in [1.165, 1.54) is 7.05 Å². The molecule has 0 amide bonds. The molecular formula is C12H13N3O4S2. The second kappa shape index (κ2) is 5.34. The van der Waals surface area contributed by atoms with Crippen LogP contribution in [0.4, 0.5) is 16.4 Å². The predicted octanol–water partition coefficient (Wildman–Crippen LogP) is 2.37. The van der Waals surface area contributed by atoms with Crippen molar-refractivity contribution in [3.8, 4) is 0 Å². The van der Waals surface area contributed by atoms with Crippen LogP contribution in [0.5, 0.6) is 0 Å². The molecule has 0 atom stereocenters. The molecule has 1 aromatic heterocycles. The third kappa shape index (κ3) is 2.69. The Morgan fingerprint density at radius 1 is 1.33 bits per heavy atom. The second-order valence-corrected chi connectivity index (χ2v) is 7.61. The zero-order valence-electron chi connectivity index (χ0n) is 11.3. The minimum atomic E-state index is -3.88. The summed E-state index contributed by atoms with van der Waals surface area (Å²) in [4.78, 5) is 10.1. The molecule has 21 heavy (non-hydrogen) atoms. The Morgan fingerprint density at radius 3 is 2.48 bits per heavy atom. The van der Waals surface area contributed by atoms with E-state index in [0.29, 0.717) is 17.0 Å². The lowest BCUT2D eigenvalue weighted by Crippen LogP contribution is -2.26. The van der Waals surface area contributed by atoms with Crippen LogP contribution >= 0.6 is 11.3 Å². The molecule has 0 radical (unpaired) electrons. The molecule has 2 aromatic rings. The number of benzene rings is 1. The molecule has 9 heteroatoms. The van der Waals surface area contributed by atoms with Gasteiger partial charge in [-0.05, 0) is 18.6 Å². The average Bonchev–Trinajstić information content (AvgIpc) is 2.81. The Kier molecular flexibility index (Phi) is 3.88. The number of hydrogen-bond acceptors (Lipinski definition) is 6. The number of sulfonamides is 1. The monoisotopic (exact) mass is 327 g/mol. The molecule has 0 aliphatic heterocycles. The molecule has 2 N–H and O–H groups in total. The van der Waals surface area contributed by atoms with Crippen molar-refractivity contribution in [3.63, 3.8) is 0 Å². The molecule has 0 aliphatic carbocycles. The number of anilines is 2. The summed E-state index contributed by atoms with van der Waals surface area (Å²) in [6.45, 7) is 1.78. The molecule has 0 saturated carbocycles. The van der Waals surface area contributed by atoms with Gasteiger partial charge in [0.15, 0.2) is 5.00 Å². The molecule has 0 aliphatic rings. The van der Waals surface area contributed by atoms with Gasteiger partial charge in [-0.3, -0.25) is 14.4 Å². The van der Waals surface area contributed by atoms with Crippen LogP contribution in [0.15, 0.2) is 34.5 Å². The van der Waals surface area contributed by atoms with E-state index in [9.17, 15) is 18.5 Å².